The highest BCUT2D eigenvalue weighted by molar-refractivity contribution is 5.96. The number of carbonyl (C=O) groups is 2. The van der Waals surface area contributed by atoms with Crippen LogP contribution in [-0.4, -0.2) is 32.0 Å². The van der Waals surface area contributed by atoms with E-state index in [0.717, 1.165) is 0 Å². The largest absolute Gasteiger partial charge is 0.397 e. The fourth-order valence-corrected chi connectivity index (χ4v) is 1.48. The lowest BCUT2D eigenvalue weighted by atomic mass is 10.1. The van der Waals surface area contributed by atoms with E-state index in [4.69, 9.17) is 5.73 Å². The standard InChI is InChI=1S/C12H18N4O2/c1-7(11(17)14-2)16-10-6-8(12(18)15-3)4-5-9(10)13/h4-7,16H,13H2,1-3H3,(H,14,17)(H,15,18). The van der Waals surface area contributed by atoms with E-state index in [1.807, 2.05) is 0 Å². The second-order valence-electron chi connectivity index (χ2n) is 3.86. The normalized spacial score (nSPS) is 11.5. The SMILES string of the molecule is CNC(=O)c1ccc(N)c(NC(C)C(=O)NC)c1. The number of hydrogen-bond acceptors (Lipinski definition) is 4. The fourth-order valence-electron chi connectivity index (χ4n) is 1.48. The summed E-state index contributed by atoms with van der Waals surface area (Å²) in [6, 6.07) is 4.44. The van der Waals surface area contributed by atoms with Crippen LogP contribution in [0.1, 0.15) is 17.3 Å². The Bertz CT molecular complexity index is 459. The summed E-state index contributed by atoms with van der Waals surface area (Å²) >= 11 is 0. The molecule has 0 saturated heterocycles. The lowest BCUT2D eigenvalue weighted by molar-refractivity contribution is -0.121. The number of hydrogen-bond donors (Lipinski definition) is 4. The first-order valence-electron chi connectivity index (χ1n) is 5.59. The van der Waals surface area contributed by atoms with Gasteiger partial charge in [-0.15, -0.1) is 0 Å². The van der Waals surface area contributed by atoms with Gasteiger partial charge in [-0.25, -0.2) is 0 Å². The van der Waals surface area contributed by atoms with Crippen LogP contribution in [0.3, 0.4) is 0 Å². The van der Waals surface area contributed by atoms with Gasteiger partial charge < -0.3 is 21.7 Å². The Hall–Kier alpha value is -2.24. The number of benzene rings is 1. The molecule has 98 valence electrons. The van der Waals surface area contributed by atoms with Crippen LogP contribution >= 0.6 is 0 Å². The molecule has 6 heteroatoms. The molecule has 6 nitrogen and oxygen atoms in total. The van der Waals surface area contributed by atoms with Gasteiger partial charge in [-0.2, -0.15) is 0 Å². The van der Waals surface area contributed by atoms with Crippen LogP contribution in [0.4, 0.5) is 11.4 Å². The minimum absolute atomic E-state index is 0.153. The lowest BCUT2D eigenvalue weighted by Gasteiger charge is -2.16. The van der Waals surface area contributed by atoms with Crippen LogP contribution in [0.25, 0.3) is 0 Å². The van der Waals surface area contributed by atoms with E-state index in [9.17, 15) is 9.59 Å². The highest BCUT2D eigenvalue weighted by atomic mass is 16.2. The number of likely N-dealkylation sites (N-methyl/N-ethyl adjacent to an activating group) is 1. The summed E-state index contributed by atoms with van der Waals surface area (Å²) in [5.41, 5.74) is 7.33. The zero-order chi connectivity index (χ0) is 13.7. The van der Waals surface area contributed by atoms with Crippen molar-refractivity contribution in [1.82, 2.24) is 10.6 Å². The van der Waals surface area contributed by atoms with Crippen molar-refractivity contribution in [2.75, 3.05) is 25.1 Å². The Morgan fingerprint density at radius 2 is 1.89 bits per heavy atom. The molecular formula is C12H18N4O2. The minimum atomic E-state index is -0.433. The number of carbonyl (C=O) groups excluding carboxylic acids is 2. The van der Waals surface area contributed by atoms with Crippen molar-refractivity contribution in [1.29, 1.82) is 0 Å². The Balaban J connectivity index is 2.94. The van der Waals surface area contributed by atoms with Gasteiger partial charge in [-0.3, -0.25) is 9.59 Å². The van der Waals surface area contributed by atoms with E-state index in [1.165, 1.54) is 0 Å². The Morgan fingerprint density at radius 1 is 1.22 bits per heavy atom. The van der Waals surface area contributed by atoms with E-state index in [-0.39, 0.29) is 11.8 Å². The summed E-state index contributed by atoms with van der Waals surface area (Å²) in [6.07, 6.45) is 0. The van der Waals surface area contributed by atoms with E-state index >= 15 is 0 Å². The molecule has 1 rings (SSSR count). The molecule has 1 atom stereocenters. The molecule has 2 amide bonds. The number of amides is 2. The number of nitrogen functional groups attached to an aromatic ring is 1. The lowest BCUT2D eigenvalue weighted by Crippen LogP contribution is -2.35. The van der Waals surface area contributed by atoms with Crippen molar-refractivity contribution < 1.29 is 9.59 Å². The van der Waals surface area contributed by atoms with Crippen molar-refractivity contribution in [3.63, 3.8) is 0 Å². The maximum atomic E-state index is 11.5. The van der Waals surface area contributed by atoms with Gasteiger partial charge in [0.2, 0.25) is 5.91 Å². The summed E-state index contributed by atoms with van der Waals surface area (Å²) < 4.78 is 0. The molecule has 0 aliphatic rings. The van der Waals surface area contributed by atoms with Crippen molar-refractivity contribution in [2.45, 2.75) is 13.0 Å². The monoisotopic (exact) mass is 250 g/mol. The van der Waals surface area contributed by atoms with Gasteiger partial charge in [0.1, 0.15) is 6.04 Å². The zero-order valence-corrected chi connectivity index (χ0v) is 10.7. The van der Waals surface area contributed by atoms with Gasteiger partial charge in [0.25, 0.3) is 5.91 Å². The van der Waals surface area contributed by atoms with Crippen molar-refractivity contribution in [3.05, 3.63) is 23.8 Å². The van der Waals surface area contributed by atoms with Gasteiger partial charge in [0.15, 0.2) is 0 Å². The van der Waals surface area contributed by atoms with E-state index < -0.39 is 6.04 Å². The Morgan fingerprint density at radius 3 is 2.44 bits per heavy atom. The fraction of sp³-hybridized carbons (Fsp3) is 0.333. The van der Waals surface area contributed by atoms with Gasteiger partial charge in [0, 0.05) is 19.7 Å². The molecule has 0 aromatic heterocycles. The molecule has 0 radical (unpaired) electrons. The predicted octanol–water partition coefficient (Wildman–Crippen LogP) is 0.175. The average molecular weight is 250 g/mol. The highest BCUT2D eigenvalue weighted by Crippen LogP contribution is 2.20. The first-order chi connectivity index (χ1) is 8.49. The van der Waals surface area contributed by atoms with Gasteiger partial charge in [-0.1, -0.05) is 0 Å². The van der Waals surface area contributed by atoms with Crippen molar-refractivity contribution in [2.24, 2.45) is 0 Å². The third kappa shape index (κ3) is 3.13. The van der Waals surface area contributed by atoms with E-state index in [2.05, 4.69) is 16.0 Å². The third-order valence-corrected chi connectivity index (χ3v) is 2.55. The molecule has 1 aromatic rings. The minimum Gasteiger partial charge on any atom is -0.397 e. The Labute approximate surface area is 106 Å². The topological polar surface area (TPSA) is 96.2 Å². The van der Waals surface area contributed by atoms with Crippen LogP contribution < -0.4 is 21.7 Å². The van der Waals surface area contributed by atoms with E-state index in [1.54, 1.807) is 39.2 Å². The van der Waals surface area contributed by atoms with Crippen molar-refractivity contribution in [3.8, 4) is 0 Å². The maximum absolute atomic E-state index is 11.5. The number of rotatable bonds is 4. The summed E-state index contributed by atoms with van der Waals surface area (Å²) in [5.74, 6) is -0.356. The third-order valence-electron chi connectivity index (χ3n) is 2.55. The molecule has 0 aliphatic carbocycles. The van der Waals surface area contributed by atoms with Gasteiger partial charge >= 0.3 is 0 Å². The maximum Gasteiger partial charge on any atom is 0.251 e. The zero-order valence-electron chi connectivity index (χ0n) is 10.7. The molecule has 0 spiro atoms. The second kappa shape index (κ2) is 5.90. The van der Waals surface area contributed by atoms with Crippen LogP contribution in [0.2, 0.25) is 0 Å². The van der Waals surface area contributed by atoms with Crippen LogP contribution in [0.5, 0.6) is 0 Å². The summed E-state index contributed by atoms with van der Waals surface area (Å²) in [4.78, 5) is 22.9. The molecule has 0 saturated carbocycles. The molecular weight excluding hydrogens is 232 g/mol. The average Bonchev–Trinajstić information content (AvgIpc) is 2.39. The predicted molar refractivity (Wildman–Crippen MR) is 71.4 cm³/mol. The van der Waals surface area contributed by atoms with E-state index in [0.29, 0.717) is 16.9 Å². The quantitative estimate of drug-likeness (QED) is 0.573. The number of anilines is 2. The summed E-state index contributed by atoms with van der Waals surface area (Å²) in [5, 5.41) is 8.02. The molecule has 0 aliphatic heterocycles. The van der Waals surface area contributed by atoms with Gasteiger partial charge in [-0.05, 0) is 25.1 Å². The first-order valence-corrected chi connectivity index (χ1v) is 5.59. The first kappa shape index (κ1) is 13.8. The molecule has 0 bridgehead atoms. The van der Waals surface area contributed by atoms with Crippen LogP contribution in [0.15, 0.2) is 18.2 Å². The molecule has 18 heavy (non-hydrogen) atoms. The second-order valence-corrected chi connectivity index (χ2v) is 3.86. The summed E-state index contributed by atoms with van der Waals surface area (Å²) in [6.45, 7) is 1.71. The number of nitrogens with one attached hydrogen (secondary N) is 3. The van der Waals surface area contributed by atoms with Crippen LogP contribution in [0, 0.1) is 0 Å². The smallest absolute Gasteiger partial charge is 0.251 e. The number of nitrogens with two attached hydrogens (primary N) is 1. The molecule has 1 aromatic carbocycles. The molecule has 5 N–H and O–H groups in total. The molecule has 0 heterocycles. The van der Waals surface area contributed by atoms with Crippen molar-refractivity contribution >= 4 is 23.2 Å². The van der Waals surface area contributed by atoms with Gasteiger partial charge in [0.05, 0.1) is 11.4 Å². The highest BCUT2D eigenvalue weighted by Gasteiger charge is 2.13. The summed E-state index contributed by atoms with van der Waals surface area (Å²) in [7, 11) is 3.11. The van der Waals surface area contributed by atoms with Crippen LogP contribution in [-0.2, 0) is 4.79 Å². The Kier molecular flexibility index (Phi) is 4.53. The molecule has 0 fully saturated rings. The molecule has 1 unspecified atom stereocenters.